The zero-order chi connectivity index (χ0) is 22.1. The van der Waals surface area contributed by atoms with Gasteiger partial charge in [0.2, 0.25) is 5.91 Å². The molecule has 1 aliphatic carbocycles. The minimum Gasteiger partial charge on any atom is -0.507 e. The number of hydrogen-bond donors (Lipinski definition) is 4. The van der Waals surface area contributed by atoms with Crippen LogP contribution in [0.25, 0.3) is 11.0 Å². The SMILES string of the molecule is O=C(N[C@@H](C(=O)N[C@@H]1CCCN(c2ncnc3[nH]ccc23)C1)C1CC1)c1ccccc1O. The standard InChI is InChI=1S/C23H26N6O3/c30-18-6-2-1-5-16(18)22(31)28-19(14-7-8-14)23(32)27-15-4-3-11-29(12-15)21-17-9-10-24-20(17)25-13-26-21/h1-2,5-6,9-10,13-15,19,30H,3-4,7-8,11-12H2,(H,27,32)(H,28,31)(H,24,25,26)/t15-,19-/m1/s1. The molecule has 1 aromatic carbocycles. The van der Waals surface area contributed by atoms with E-state index >= 15 is 0 Å². The molecular formula is C23H26N6O3. The topological polar surface area (TPSA) is 123 Å². The number of rotatable bonds is 6. The second-order valence-electron chi connectivity index (χ2n) is 8.54. The quantitative estimate of drug-likeness (QED) is 0.470. The molecule has 3 heterocycles. The van der Waals surface area contributed by atoms with Crippen LogP contribution in [0.2, 0.25) is 0 Å². The number of phenols is 1. The highest BCUT2D eigenvalue weighted by Gasteiger charge is 2.38. The van der Waals surface area contributed by atoms with Crippen molar-refractivity contribution in [3.05, 3.63) is 48.4 Å². The third-order valence-electron chi connectivity index (χ3n) is 6.21. The van der Waals surface area contributed by atoms with Crippen LogP contribution in [-0.4, -0.2) is 57.0 Å². The number of H-pyrrole nitrogens is 1. The molecule has 2 aliphatic rings. The Labute approximate surface area is 185 Å². The van der Waals surface area contributed by atoms with E-state index < -0.39 is 11.9 Å². The highest BCUT2D eigenvalue weighted by atomic mass is 16.3. The summed E-state index contributed by atoms with van der Waals surface area (Å²) in [5, 5.41) is 16.9. The molecule has 2 amide bonds. The highest BCUT2D eigenvalue weighted by molar-refractivity contribution is 5.99. The number of carbonyl (C=O) groups is 2. The minimum atomic E-state index is -0.604. The van der Waals surface area contributed by atoms with E-state index in [1.54, 1.807) is 24.5 Å². The van der Waals surface area contributed by atoms with Gasteiger partial charge < -0.3 is 25.6 Å². The molecule has 0 radical (unpaired) electrons. The van der Waals surface area contributed by atoms with E-state index in [-0.39, 0.29) is 29.2 Å². The Morgan fingerprint density at radius 2 is 2.00 bits per heavy atom. The van der Waals surface area contributed by atoms with Crippen LogP contribution in [0, 0.1) is 5.92 Å². The first-order valence-corrected chi connectivity index (χ1v) is 11.0. The molecule has 0 spiro atoms. The van der Waals surface area contributed by atoms with E-state index in [4.69, 9.17) is 0 Å². The van der Waals surface area contributed by atoms with Gasteiger partial charge in [0, 0.05) is 25.3 Å². The predicted octanol–water partition coefficient (Wildman–Crippen LogP) is 1.96. The van der Waals surface area contributed by atoms with Crippen molar-refractivity contribution < 1.29 is 14.7 Å². The van der Waals surface area contributed by atoms with Crippen molar-refractivity contribution in [2.24, 2.45) is 5.92 Å². The van der Waals surface area contributed by atoms with Gasteiger partial charge >= 0.3 is 0 Å². The smallest absolute Gasteiger partial charge is 0.255 e. The van der Waals surface area contributed by atoms with Gasteiger partial charge in [-0.15, -0.1) is 0 Å². The Kier molecular flexibility index (Phi) is 5.38. The fraction of sp³-hybridized carbons (Fsp3) is 0.391. The van der Waals surface area contributed by atoms with Crippen molar-refractivity contribution in [3.8, 4) is 5.75 Å². The zero-order valence-electron chi connectivity index (χ0n) is 17.6. The van der Waals surface area contributed by atoms with Crippen LogP contribution in [0.5, 0.6) is 5.75 Å². The molecule has 2 fully saturated rings. The maximum Gasteiger partial charge on any atom is 0.255 e. The molecule has 2 atom stereocenters. The number of hydrogen-bond acceptors (Lipinski definition) is 6. The summed E-state index contributed by atoms with van der Waals surface area (Å²) in [4.78, 5) is 39.8. The van der Waals surface area contributed by atoms with Crippen LogP contribution in [0.15, 0.2) is 42.9 Å². The van der Waals surface area contributed by atoms with Crippen molar-refractivity contribution in [1.29, 1.82) is 0 Å². The monoisotopic (exact) mass is 434 g/mol. The van der Waals surface area contributed by atoms with E-state index in [1.807, 2.05) is 12.3 Å². The second-order valence-corrected chi connectivity index (χ2v) is 8.54. The number of anilines is 1. The van der Waals surface area contributed by atoms with Crippen molar-refractivity contribution in [1.82, 2.24) is 25.6 Å². The van der Waals surface area contributed by atoms with Crippen LogP contribution < -0.4 is 15.5 Å². The van der Waals surface area contributed by atoms with Gasteiger partial charge in [-0.1, -0.05) is 12.1 Å². The van der Waals surface area contributed by atoms with Crippen molar-refractivity contribution in [3.63, 3.8) is 0 Å². The molecule has 0 bridgehead atoms. The fourth-order valence-corrected chi connectivity index (χ4v) is 4.40. The number of aromatic nitrogens is 3. The number of carbonyl (C=O) groups excluding carboxylic acids is 2. The molecular weight excluding hydrogens is 408 g/mol. The molecule has 9 heteroatoms. The molecule has 3 aromatic rings. The van der Waals surface area contributed by atoms with E-state index in [2.05, 4.69) is 30.5 Å². The normalized spacial score (nSPS) is 19.5. The first kappa shape index (κ1) is 20.3. The van der Waals surface area contributed by atoms with Gasteiger partial charge in [0.05, 0.1) is 10.9 Å². The summed E-state index contributed by atoms with van der Waals surface area (Å²) in [6.07, 6.45) is 7.01. The van der Waals surface area contributed by atoms with Gasteiger partial charge in [-0.3, -0.25) is 9.59 Å². The van der Waals surface area contributed by atoms with Crippen molar-refractivity contribution in [2.75, 3.05) is 18.0 Å². The van der Waals surface area contributed by atoms with E-state index in [1.165, 1.54) is 6.07 Å². The number of aromatic hydroxyl groups is 1. The van der Waals surface area contributed by atoms with Crippen molar-refractivity contribution in [2.45, 2.75) is 37.8 Å². The lowest BCUT2D eigenvalue weighted by Gasteiger charge is -2.35. The lowest BCUT2D eigenvalue weighted by molar-refractivity contribution is -0.124. The maximum absolute atomic E-state index is 13.1. The Hall–Kier alpha value is -3.62. The lowest BCUT2D eigenvalue weighted by Crippen LogP contribution is -2.54. The molecule has 0 unspecified atom stereocenters. The molecule has 4 N–H and O–H groups in total. The van der Waals surface area contributed by atoms with Gasteiger partial charge in [-0.05, 0) is 49.8 Å². The number of piperidine rings is 1. The first-order valence-electron chi connectivity index (χ1n) is 11.0. The fourth-order valence-electron chi connectivity index (χ4n) is 4.40. The second kappa shape index (κ2) is 8.49. The molecule has 1 saturated heterocycles. The first-order chi connectivity index (χ1) is 15.6. The average Bonchev–Trinajstić information content (AvgIpc) is 3.52. The predicted molar refractivity (Wildman–Crippen MR) is 119 cm³/mol. The number of fused-ring (bicyclic) bond motifs is 1. The summed E-state index contributed by atoms with van der Waals surface area (Å²) in [6, 6.07) is 7.68. The summed E-state index contributed by atoms with van der Waals surface area (Å²) < 4.78 is 0. The van der Waals surface area contributed by atoms with Crippen LogP contribution in [-0.2, 0) is 4.79 Å². The molecule has 2 aromatic heterocycles. The van der Waals surface area contributed by atoms with Gasteiger partial charge in [-0.2, -0.15) is 0 Å². The largest absolute Gasteiger partial charge is 0.507 e. The number of phenolic OH excluding ortho intramolecular Hbond substituents is 1. The molecule has 32 heavy (non-hydrogen) atoms. The van der Waals surface area contributed by atoms with Gasteiger partial charge in [0.15, 0.2) is 0 Å². The van der Waals surface area contributed by atoms with E-state index in [0.717, 1.165) is 49.1 Å². The summed E-state index contributed by atoms with van der Waals surface area (Å²) in [5.74, 6) is 0.297. The van der Waals surface area contributed by atoms with Gasteiger partial charge in [-0.25, -0.2) is 9.97 Å². The molecule has 1 saturated carbocycles. The number of aromatic amines is 1. The van der Waals surface area contributed by atoms with Crippen LogP contribution in [0.1, 0.15) is 36.0 Å². The minimum absolute atomic E-state index is 0.0384. The number of benzene rings is 1. The average molecular weight is 435 g/mol. The maximum atomic E-state index is 13.1. The van der Waals surface area contributed by atoms with Gasteiger partial charge in [0.25, 0.3) is 5.91 Å². The third-order valence-corrected chi connectivity index (χ3v) is 6.21. The summed E-state index contributed by atoms with van der Waals surface area (Å²) in [5.41, 5.74) is 0.968. The third kappa shape index (κ3) is 4.10. The molecule has 9 nitrogen and oxygen atoms in total. The number of nitrogens with zero attached hydrogens (tertiary/aromatic N) is 3. The Morgan fingerprint density at radius 1 is 1.16 bits per heavy atom. The Balaban J connectivity index is 1.26. The van der Waals surface area contributed by atoms with E-state index in [0.29, 0.717) is 6.54 Å². The lowest BCUT2D eigenvalue weighted by atomic mass is 10.0. The number of para-hydroxylation sites is 1. The molecule has 1 aliphatic heterocycles. The van der Waals surface area contributed by atoms with Crippen LogP contribution >= 0.6 is 0 Å². The summed E-state index contributed by atoms with van der Waals surface area (Å²) in [6.45, 7) is 1.51. The Bertz CT molecular complexity index is 1140. The number of amides is 2. The van der Waals surface area contributed by atoms with Crippen molar-refractivity contribution >= 4 is 28.7 Å². The highest BCUT2D eigenvalue weighted by Crippen LogP contribution is 2.33. The van der Waals surface area contributed by atoms with Crippen LogP contribution in [0.4, 0.5) is 5.82 Å². The van der Waals surface area contributed by atoms with Gasteiger partial charge in [0.1, 0.15) is 29.6 Å². The molecule has 166 valence electrons. The summed E-state index contributed by atoms with van der Waals surface area (Å²) >= 11 is 0. The Morgan fingerprint density at radius 3 is 2.81 bits per heavy atom. The zero-order valence-corrected chi connectivity index (χ0v) is 17.6. The molecule has 5 rings (SSSR count). The van der Waals surface area contributed by atoms with Crippen LogP contribution in [0.3, 0.4) is 0 Å². The number of nitrogens with one attached hydrogen (secondary N) is 3. The van der Waals surface area contributed by atoms with E-state index in [9.17, 15) is 14.7 Å². The summed E-state index contributed by atoms with van der Waals surface area (Å²) in [7, 11) is 0.